The van der Waals surface area contributed by atoms with E-state index in [1.165, 1.54) is 0 Å². The Bertz CT molecular complexity index is 477. The fraction of sp³-hybridized carbons (Fsp3) is 0.833. The zero-order valence-electron chi connectivity index (χ0n) is 12.0. The van der Waals surface area contributed by atoms with E-state index in [0.717, 1.165) is 0 Å². The van der Waals surface area contributed by atoms with E-state index in [1.807, 2.05) is 20.8 Å². The molecule has 2 rings (SSSR count). The van der Waals surface area contributed by atoms with Gasteiger partial charge in [0.25, 0.3) is 0 Å². The Balaban J connectivity index is 2.23. The average molecular weight is 287 g/mol. The Labute approximate surface area is 115 Å². The van der Waals surface area contributed by atoms with Gasteiger partial charge in [-0.2, -0.15) is 0 Å². The van der Waals surface area contributed by atoms with Crippen molar-refractivity contribution in [2.45, 2.75) is 45.4 Å². The highest BCUT2D eigenvalue weighted by Gasteiger charge is 2.46. The van der Waals surface area contributed by atoms with Crippen LogP contribution in [0.4, 0.5) is 0 Å². The minimum Gasteiger partial charge on any atom is -0.424 e. The molecule has 0 saturated carbocycles. The van der Waals surface area contributed by atoms with Gasteiger partial charge in [-0.05, 0) is 20.8 Å². The maximum atomic E-state index is 12.3. The van der Waals surface area contributed by atoms with Gasteiger partial charge in [-0.1, -0.05) is 6.92 Å². The summed E-state index contributed by atoms with van der Waals surface area (Å²) in [5.74, 6) is 0.980. The highest BCUT2D eigenvalue weighted by Crippen LogP contribution is 2.40. The molecule has 0 amide bonds. The largest absolute Gasteiger partial charge is 0.424 e. The lowest BCUT2D eigenvalue weighted by atomic mass is 9.81. The van der Waals surface area contributed by atoms with E-state index in [9.17, 15) is 4.21 Å². The van der Waals surface area contributed by atoms with Crippen molar-refractivity contribution < 1.29 is 13.4 Å². The second kappa shape index (κ2) is 4.96. The van der Waals surface area contributed by atoms with Crippen molar-refractivity contribution >= 4 is 11.0 Å². The lowest BCUT2D eigenvalue weighted by molar-refractivity contribution is -0.122. The van der Waals surface area contributed by atoms with Crippen molar-refractivity contribution in [2.75, 3.05) is 13.2 Å². The van der Waals surface area contributed by atoms with E-state index in [1.54, 1.807) is 6.92 Å². The quantitative estimate of drug-likeness (QED) is 0.908. The number of hydrogen-bond acceptors (Lipinski definition) is 5. The Morgan fingerprint density at radius 2 is 2.00 bits per heavy atom. The highest BCUT2D eigenvalue weighted by molar-refractivity contribution is 7.84. The number of nitrogens with zero attached hydrogens (tertiary/aromatic N) is 2. The average Bonchev–Trinajstić information content (AvgIpc) is 2.67. The van der Waals surface area contributed by atoms with Crippen LogP contribution < -0.4 is 4.72 Å². The summed E-state index contributed by atoms with van der Waals surface area (Å²) in [6, 6.07) is -0.262. The number of aryl methyl sites for hydroxylation is 1. The van der Waals surface area contributed by atoms with Gasteiger partial charge in [-0.25, -0.2) is 8.93 Å². The summed E-state index contributed by atoms with van der Waals surface area (Å²) in [6.07, 6.45) is 0. The molecule has 1 aliphatic heterocycles. The summed E-state index contributed by atoms with van der Waals surface area (Å²) in [4.78, 5) is 0. The van der Waals surface area contributed by atoms with Gasteiger partial charge >= 0.3 is 0 Å². The molecule has 0 bridgehead atoms. The zero-order chi connectivity index (χ0) is 14.3. The lowest BCUT2D eigenvalue weighted by Gasteiger charge is -2.43. The fourth-order valence-electron chi connectivity index (χ4n) is 1.79. The van der Waals surface area contributed by atoms with Crippen LogP contribution >= 0.6 is 0 Å². The molecule has 0 spiro atoms. The molecule has 0 aliphatic carbocycles. The van der Waals surface area contributed by atoms with Crippen LogP contribution in [-0.4, -0.2) is 32.4 Å². The Morgan fingerprint density at radius 3 is 2.37 bits per heavy atom. The fourth-order valence-corrected chi connectivity index (χ4v) is 2.75. The van der Waals surface area contributed by atoms with Crippen LogP contribution in [-0.2, 0) is 15.7 Å². The monoisotopic (exact) mass is 287 g/mol. The van der Waals surface area contributed by atoms with Gasteiger partial charge in [0.05, 0.1) is 28.9 Å². The third-order valence-electron chi connectivity index (χ3n) is 3.13. The maximum Gasteiger partial charge on any atom is 0.235 e. The minimum atomic E-state index is -1.21. The Hall–Kier alpha value is -0.790. The predicted octanol–water partition coefficient (Wildman–Crippen LogP) is 1.51. The first kappa shape index (κ1) is 14.6. The number of hydrogen-bond donors (Lipinski definition) is 1. The molecular weight excluding hydrogens is 266 g/mol. The predicted molar refractivity (Wildman–Crippen MR) is 71.7 cm³/mol. The van der Waals surface area contributed by atoms with Crippen LogP contribution in [0.1, 0.15) is 45.5 Å². The van der Waals surface area contributed by atoms with Crippen molar-refractivity contribution in [1.82, 2.24) is 14.9 Å². The molecule has 108 valence electrons. The van der Waals surface area contributed by atoms with Gasteiger partial charge in [-0.3, -0.25) is 0 Å². The first-order chi connectivity index (χ1) is 8.72. The molecule has 0 radical (unpaired) electrons. The van der Waals surface area contributed by atoms with Crippen molar-refractivity contribution in [2.24, 2.45) is 5.41 Å². The second-order valence-corrected chi connectivity index (χ2v) is 8.24. The highest BCUT2D eigenvalue weighted by atomic mass is 32.2. The van der Waals surface area contributed by atoms with E-state index < -0.39 is 11.0 Å². The molecular formula is C12H21N3O3S. The van der Waals surface area contributed by atoms with E-state index >= 15 is 0 Å². The first-order valence-electron chi connectivity index (χ1n) is 6.28. The molecule has 1 fully saturated rings. The van der Waals surface area contributed by atoms with Crippen LogP contribution in [0.25, 0.3) is 0 Å². The molecule has 1 saturated heterocycles. The van der Waals surface area contributed by atoms with Crippen LogP contribution in [0, 0.1) is 12.3 Å². The van der Waals surface area contributed by atoms with Gasteiger partial charge in [0, 0.05) is 12.3 Å². The summed E-state index contributed by atoms with van der Waals surface area (Å²) in [5, 5.41) is 7.91. The van der Waals surface area contributed by atoms with Crippen molar-refractivity contribution in [3.05, 3.63) is 11.8 Å². The third-order valence-corrected chi connectivity index (χ3v) is 4.69. The molecule has 6 nitrogen and oxygen atoms in total. The minimum absolute atomic E-state index is 0.167. The van der Waals surface area contributed by atoms with Crippen molar-refractivity contribution in [3.8, 4) is 0 Å². The van der Waals surface area contributed by atoms with Crippen LogP contribution in [0.5, 0.6) is 0 Å². The first-order valence-corrected chi connectivity index (χ1v) is 7.43. The molecule has 1 aromatic heterocycles. The molecule has 1 aliphatic rings. The summed E-state index contributed by atoms with van der Waals surface area (Å²) < 4.78 is 25.9. The van der Waals surface area contributed by atoms with Gasteiger partial charge in [0.15, 0.2) is 0 Å². The zero-order valence-corrected chi connectivity index (χ0v) is 12.8. The normalized spacial score (nSPS) is 21.7. The standard InChI is InChI=1S/C12H21N3O3S/c1-8-13-14-10(18-8)9(12(5)6-17-7-12)15-19(16)11(2,3)4/h9,15H,6-7H2,1-5H3/t9-,19+/m0/s1. The van der Waals surface area contributed by atoms with Gasteiger partial charge < -0.3 is 9.15 Å². The smallest absolute Gasteiger partial charge is 0.235 e. The Morgan fingerprint density at radius 1 is 1.37 bits per heavy atom. The number of ether oxygens (including phenoxy) is 1. The number of rotatable bonds is 4. The van der Waals surface area contributed by atoms with E-state index in [0.29, 0.717) is 25.0 Å². The number of aromatic nitrogens is 2. The van der Waals surface area contributed by atoms with Gasteiger partial charge in [0.2, 0.25) is 11.8 Å². The van der Waals surface area contributed by atoms with Crippen LogP contribution in [0.3, 0.4) is 0 Å². The SMILES string of the molecule is Cc1nnc([C@H](N[S@](=O)C(C)(C)C)C2(C)COC2)o1. The maximum absolute atomic E-state index is 12.3. The van der Waals surface area contributed by atoms with Gasteiger partial charge in [0.1, 0.15) is 6.04 Å². The van der Waals surface area contributed by atoms with Crippen molar-refractivity contribution in [1.29, 1.82) is 0 Å². The summed E-state index contributed by atoms with van der Waals surface area (Å²) in [6.45, 7) is 10.8. The van der Waals surface area contributed by atoms with E-state index in [4.69, 9.17) is 9.15 Å². The lowest BCUT2D eigenvalue weighted by Crippen LogP contribution is -2.51. The third kappa shape index (κ3) is 3.04. The van der Waals surface area contributed by atoms with E-state index in [2.05, 4.69) is 21.8 Å². The summed E-state index contributed by atoms with van der Waals surface area (Å²) in [7, 11) is -1.21. The molecule has 2 heterocycles. The van der Waals surface area contributed by atoms with Gasteiger partial charge in [-0.15, -0.1) is 10.2 Å². The molecule has 7 heteroatoms. The molecule has 1 N–H and O–H groups in total. The van der Waals surface area contributed by atoms with Crippen molar-refractivity contribution in [3.63, 3.8) is 0 Å². The molecule has 0 aromatic carbocycles. The van der Waals surface area contributed by atoms with E-state index in [-0.39, 0.29) is 16.2 Å². The van der Waals surface area contributed by atoms with Crippen LogP contribution in [0.2, 0.25) is 0 Å². The number of nitrogens with one attached hydrogen (secondary N) is 1. The van der Waals surface area contributed by atoms with Crippen LogP contribution in [0.15, 0.2) is 4.42 Å². The molecule has 0 unspecified atom stereocenters. The second-order valence-electron chi connectivity index (χ2n) is 6.24. The topological polar surface area (TPSA) is 77.2 Å². The molecule has 2 atom stereocenters. The molecule has 1 aromatic rings. The summed E-state index contributed by atoms with van der Waals surface area (Å²) >= 11 is 0. The summed E-state index contributed by atoms with van der Waals surface area (Å²) in [5.41, 5.74) is -0.167. The Kier molecular flexibility index (Phi) is 3.81. The molecule has 19 heavy (non-hydrogen) atoms.